The first-order valence-electron chi connectivity index (χ1n) is 5.67. The maximum atomic E-state index is 11.2. The van der Waals surface area contributed by atoms with Crippen molar-refractivity contribution in [1.29, 1.82) is 5.26 Å². The molecule has 0 N–H and O–H groups in total. The van der Waals surface area contributed by atoms with Crippen molar-refractivity contribution in [3.05, 3.63) is 35.9 Å². The van der Waals surface area contributed by atoms with Crippen LogP contribution in [0.1, 0.15) is 19.4 Å². The molecular formula is C14H15NO3. The molecule has 0 radical (unpaired) electrons. The Balaban J connectivity index is 2.82. The van der Waals surface area contributed by atoms with Crippen LogP contribution in [0.15, 0.2) is 30.3 Å². The summed E-state index contributed by atoms with van der Waals surface area (Å²) in [6.07, 6.45) is 2.40. The number of para-hydroxylation sites is 1. The zero-order chi connectivity index (χ0) is 13.4. The number of benzene rings is 1. The average Bonchev–Trinajstić information content (AvgIpc) is 2.38. The lowest BCUT2D eigenvalue weighted by Gasteiger charge is -2.10. The first kappa shape index (κ1) is 13.8. The first-order valence-corrected chi connectivity index (χ1v) is 5.67. The minimum Gasteiger partial charge on any atom is -0.475 e. The van der Waals surface area contributed by atoms with Crippen molar-refractivity contribution in [3.8, 4) is 11.8 Å². The van der Waals surface area contributed by atoms with Crippen molar-refractivity contribution in [2.75, 3.05) is 6.61 Å². The lowest BCUT2D eigenvalue weighted by molar-refractivity contribution is -0.137. The number of hydrogen-bond acceptors (Lipinski definition) is 4. The van der Waals surface area contributed by atoms with Gasteiger partial charge in [0.15, 0.2) is 6.10 Å². The van der Waals surface area contributed by atoms with E-state index in [0.29, 0.717) is 12.4 Å². The van der Waals surface area contributed by atoms with Gasteiger partial charge in [0.05, 0.1) is 6.61 Å². The van der Waals surface area contributed by atoms with E-state index < -0.39 is 12.1 Å². The highest BCUT2D eigenvalue weighted by Gasteiger charge is 2.05. The molecule has 1 unspecified atom stereocenters. The van der Waals surface area contributed by atoms with E-state index in [1.807, 2.05) is 12.1 Å². The SMILES string of the molecule is CCOC(=O)C=Cc1ccccc1OC(C)C#N. The second-order valence-electron chi connectivity index (χ2n) is 3.51. The van der Waals surface area contributed by atoms with Crippen LogP contribution < -0.4 is 4.74 Å². The number of carbonyl (C=O) groups excluding carboxylic acids is 1. The van der Waals surface area contributed by atoms with Crippen LogP contribution >= 0.6 is 0 Å². The van der Waals surface area contributed by atoms with Crippen LogP contribution in [0.25, 0.3) is 6.08 Å². The van der Waals surface area contributed by atoms with Gasteiger partial charge in [-0.05, 0) is 26.0 Å². The molecule has 0 aliphatic rings. The van der Waals surface area contributed by atoms with Crippen LogP contribution in [0.5, 0.6) is 5.75 Å². The highest BCUT2D eigenvalue weighted by molar-refractivity contribution is 5.87. The minimum absolute atomic E-state index is 0.340. The van der Waals surface area contributed by atoms with Gasteiger partial charge in [0.1, 0.15) is 11.8 Å². The summed E-state index contributed by atoms with van der Waals surface area (Å²) >= 11 is 0. The summed E-state index contributed by atoms with van der Waals surface area (Å²) in [6.45, 7) is 3.75. The normalized spacial score (nSPS) is 11.8. The van der Waals surface area contributed by atoms with Crippen molar-refractivity contribution in [3.63, 3.8) is 0 Å². The Bertz CT molecular complexity index is 474. The molecule has 0 aliphatic heterocycles. The zero-order valence-corrected chi connectivity index (χ0v) is 10.4. The van der Waals surface area contributed by atoms with Crippen molar-refractivity contribution in [2.24, 2.45) is 0 Å². The largest absolute Gasteiger partial charge is 0.475 e. The third kappa shape index (κ3) is 4.30. The Labute approximate surface area is 106 Å². The van der Waals surface area contributed by atoms with Crippen molar-refractivity contribution >= 4 is 12.0 Å². The van der Waals surface area contributed by atoms with Gasteiger partial charge < -0.3 is 9.47 Å². The second kappa shape index (κ2) is 7.13. The number of carbonyl (C=O) groups is 1. The third-order valence-corrected chi connectivity index (χ3v) is 2.09. The van der Waals surface area contributed by atoms with Crippen LogP contribution in [-0.2, 0) is 9.53 Å². The van der Waals surface area contributed by atoms with E-state index in [1.54, 1.807) is 38.1 Å². The molecule has 1 atom stereocenters. The number of ether oxygens (including phenoxy) is 2. The standard InChI is InChI=1S/C14H15NO3/c1-3-17-14(16)9-8-12-6-4-5-7-13(12)18-11(2)10-15/h4-9,11H,3H2,1-2H3. The number of nitriles is 1. The molecule has 0 heterocycles. The van der Waals surface area contributed by atoms with Crippen molar-refractivity contribution < 1.29 is 14.3 Å². The lowest BCUT2D eigenvalue weighted by atomic mass is 10.2. The van der Waals surface area contributed by atoms with Crippen LogP contribution in [0.2, 0.25) is 0 Å². The molecule has 1 rings (SSSR count). The third-order valence-electron chi connectivity index (χ3n) is 2.09. The molecule has 18 heavy (non-hydrogen) atoms. The minimum atomic E-state index is -0.540. The zero-order valence-electron chi connectivity index (χ0n) is 10.4. The molecule has 1 aromatic rings. The average molecular weight is 245 g/mol. The van der Waals surface area contributed by atoms with E-state index >= 15 is 0 Å². The second-order valence-corrected chi connectivity index (χ2v) is 3.51. The predicted molar refractivity (Wildman–Crippen MR) is 67.8 cm³/mol. The van der Waals surface area contributed by atoms with Crippen LogP contribution in [-0.4, -0.2) is 18.7 Å². The smallest absolute Gasteiger partial charge is 0.330 e. The van der Waals surface area contributed by atoms with Crippen LogP contribution in [0, 0.1) is 11.3 Å². The molecule has 0 saturated heterocycles. The van der Waals surface area contributed by atoms with E-state index in [2.05, 4.69) is 0 Å². The lowest BCUT2D eigenvalue weighted by Crippen LogP contribution is -2.08. The molecule has 94 valence electrons. The fourth-order valence-electron chi connectivity index (χ4n) is 1.29. The van der Waals surface area contributed by atoms with Crippen molar-refractivity contribution in [1.82, 2.24) is 0 Å². The summed E-state index contributed by atoms with van der Waals surface area (Å²) in [5.74, 6) is 0.160. The fourth-order valence-corrected chi connectivity index (χ4v) is 1.29. The van der Waals surface area contributed by atoms with Crippen LogP contribution in [0.4, 0.5) is 0 Å². The quantitative estimate of drug-likeness (QED) is 0.591. The van der Waals surface area contributed by atoms with Gasteiger partial charge in [-0.1, -0.05) is 18.2 Å². The monoisotopic (exact) mass is 245 g/mol. The van der Waals surface area contributed by atoms with Crippen LogP contribution in [0.3, 0.4) is 0 Å². The molecule has 4 heteroatoms. The topological polar surface area (TPSA) is 59.3 Å². The molecule has 0 amide bonds. The van der Waals surface area contributed by atoms with Gasteiger partial charge in [0.25, 0.3) is 0 Å². The molecular weight excluding hydrogens is 230 g/mol. The van der Waals surface area contributed by atoms with E-state index in [-0.39, 0.29) is 0 Å². The Hall–Kier alpha value is -2.28. The Morgan fingerprint density at radius 1 is 1.50 bits per heavy atom. The van der Waals surface area contributed by atoms with E-state index in [4.69, 9.17) is 14.7 Å². The molecule has 0 saturated carbocycles. The summed E-state index contributed by atoms with van der Waals surface area (Å²) in [6, 6.07) is 9.17. The summed E-state index contributed by atoms with van der Waals surface area (Å²) in [4.78, 5) is 11.2. The van der Waals surface area contributed by atoms with E-state index in [1.165, 1.54) is 6.08 Å². The van der Waals surface area contributed by atoms with Gasteiger partial charge in [-0.15, -0.1) is 0 Å². The number of nitrogens with zero attached hydrogens (tertiary/aromatic N) is 1. The highest BCUT2D eigenvalue weighted by atomic mass is 16.5. The maximum absolute atomic E-state index is 11.2. The molecule has 0 spiro atoms. The summed E-state index contributed by atoms with van der Waals surface area (Å²) in [5.41, 5.74) is 0.729. The van der Waals surface area contributed by atoms with Gasteiger partial charge in [0, 0.05) is 11.6 Å². The summed E-state index contributed by atoms with van der Waals surface area (Å²) < 4.78 is 10.2. The molecule has 0 aliphatic carbocycles. The fraction of sp³-hybridized carbons (Fsp3) is 0.286. The molecule has 0 aromatic heterocycles. The highest BCUT2D eigenvalue weighted by Crippen LogP contribution is 2.20. The Kier molecular flexibility index (Phi) is 5.46. The molecule has 0 bridgehead atoms. The molecule has 0 fully saturated rings. The van der Waals surface area contributed by atoms with Gasteiger partial charge in [-0.25, -0.2) is 4.79 Å². The predicted octanol–water partition coefficient (Wildman–Crippen LogP) is 2.55. The number of esters is 1. The van der Waals surface area contributed by atoms with Crippen molar-refractivity contribution in [2.45, 2.75) is 20.0 Å². The molecule has 1 aromatic carbocycles. The van der Waals surface area contributed by atoms with E-state index in [9.17, 15) is 4.79 Å². The first-order chi connectivity index (χ1) is 8.67. The Morgan fingerprint density at radius 2 is 2.22 bits per heavy atom. The number of hydrogen-bond donors (Lipinski definition) is 0. The molecule has 4 nitrogen and oxygen atoms in total. The Morgan fingerprint density at radius 3 is 2.89 bits per heavy atom. The van der Waals surface area contributed by atoms with Gasteiger partial charge >= 0.3 is 5.97 Å². The number of rotatable bonds is 5. The van der Waals surface area contributed by atoms with E-state index in [0.717, 1.165) is 5.56 Å². The van der Waals surface area contributed by atoms with Gasteiger partial charge in [-0.2, -0.15) is 5.26 Å². The van der Waals surface area contributed by atoms with Gasteiger partial charge in [0.2, 0.25) is 0 Å². The summed E-state index contributed by atoms with van der Waals surface area (Å²) in [5, 5.41) is 8.71. The van der Waals surface area contributed by atoms with Gasteiger partial charge in [-0.3, -0.25) is 0 Å². The summed E-state index contributed by atoms with van der Waals surface area (Å²) in [7, 11) is 0. The maximum Gasteiger partial charge on any atom is 0.330 e.